The molecule has 2 aliphatic rings. The number of aromatic nitrogens is 2. The second-order valence-corrected chi connectivity index (χ2v) is 4.93. The van der Waals surface area contributed by atoms with Gasteiger partial charge in [0.2, 0.25) is 5.91 Å². The number of anilines is 1. The van der Waals surface area contributed by atoms with Crippen LogP contribution in [-0.4, -0.2) is 47.0 Å². The summed E-state index contributed by atoms with van der Waals surface area (Å²) in [7, 11) is 0. The lowest BCUT2D eigenvalue weighted by molar-refractivity contribution is -0.132. The molecule has 1 aromatic rings. The minimum atomic E-state index is 0.276. The van der Waals surface area contributed by atoms with Gasteiger partial charge in [0.15, 0.2) is 11.5 Å². The van der Waals surface area contributed by atoms with Crippen molar-refractivity contribution in [1.29, 1.82) is 5.26 Å². The molecule has 1 saturated heterocycles. The van der Waals surface area contributed by atoms with Gasteiger partial charge in [-0.05, 0) is 12.8 Å². The van der Waals surface area contributed by atoms with Crippen LogP contribution in [0.15, 0.2) is 12.4 Å². The summed E-state index contributed by atoms with van der Waals surface area (Å²) in [6.45, 7) is 2.84. The molecule has 2 heterocycles. The monoisotopic (exact) mass is 257 g/mol. The van der Waals surface area contributed by atoms with Gasteiger partial charge in [0.25, 0.3) is 0 Å². The molecule has 6 heteroatoms. The third kappa shape index (κ3) is 2.36. The second kappa shape index (κ2) is 4.84. The van der Waals surface area contributed by atoms with Crippen LogP contribution in [0.2, 0.25) is 0 Å². The molecule has 6 nitrogen and oxygen atoms in total. The lowest BCUT2D eigenvalue weighted by atomic mass is 10.2. The van der Waals surface area contributed by atoms with Crippen LogP contribution < -0.4 is 4.90 Å². The molecule has 19 heavy (non-hydrogen) atoms. The summed E-state index contributed by atoms with van der Waals surface area (Å²) in [6.07, 6.45) is 5.20. The van der Waals surface area contributed by atoms with Gasteiger partial charge in [-0.25, -0.2) is 9.97 Å². The van der Waals surface area contributed by atoms with Gasteiger partial charge in [0.1, 0.15) is 6.07 Å². The van der Waals surface area contributed by atoms with Crippen LogP contribution in [0, 0.1) is 17.2 Å². The highest BCUT2D eigenvalue weighted by atomic mass is 16.2. The normalized spacial score (nSPS) is 19.1. The maximum atomic E-state index is 12.0. The van der Waals surface area contributed by atoms with Crippen LogP contribution in [-0.2, 0) is 4.79 Å². The van der Waals surface area contributed by atoms with E-state index in [1.165, 1.54) is 6.20 Å². The van der Waals surface area contributed by atoms with Crippen molar-refractivity contribution in [2.24, 2.45) is 5.92 Å². The standard InChI is InChI=1S/C13H15N5O/c14-9-11-12(16-4-3-15-11)17-5-7-18(8-6-17)13(19)10-1-2-10/h3-4,10H,1-2,5-8H2. The van der Waals surface area contributed by atoms with E-state index in [0.717, 1.165) is 12.8 Å². The third-order valence-electron chi connectivity index (χ3n) is 3.60. The Kier molecular flexibility index (Phi) is 3.03. The van der Waals surface area contributed by atoms with Gasteiger partial charge >= 0.3 is 0 Å². The maximum Gasteiger partial charge on any atom is 0.225 e. The fourth-order valence-corrected chi connectivity index (χ4v) is 2.37. The maximum absolute atomic E-state index is 12.0. The van der Waals surface area contributed by atoms with E-state index < -0.39 is 0 Å². The zero-order valence-electron chi connectivity index (χ0n) is 10.6. The smallest absolute Gasteiger partial charge is 0.225 e. The van der Waals surface area contributed by atoms with Crippen LogP contribution in [0.5, 0.6) is 0 Å². The molecule has 0 bridgehead atoms. The van der Waals surface area contributed by atoms with E-state index >= 15 is 0 Å². The number of rotatable bonds is 2. The van der Waals surface area contributed by atoms with Gasteiger partial charge < -0.3 is 9.80 Å². The van der Waals surface area contributed by atoms with E-state index in [1.807, 2.05) is 9.80 Å². The summed E-state index contributed by atoms with van der Waals surface area (Å²) in [5, 5.41) is 9.03. The predicted octanol–water partition coefficient (Wildman–Crippen LogP) is 0.407. The molecule has 0 atom stereocenters. The van der Waals surface area contributed by atoms with Crippen LogP contribution >= 0.6 is 0 Å². The van der Waals surface area contributed by atoms with E-state index in [1.54, 1.807) is 6.20 Å². The zero-order valence-corrected chi connectivity index (χ0v) is 10.6. The molecule has 0 unspecified atom stereocenters. The van der Waals surface area contributed by atoms with E-state index in [4.69, 9.17) is 5.26 Å². The van der Waals surface area contributed by atoms with E-state index in [2.05, 4.69) is 16.0 Å². The van der Waals surface area contributed by atoms with Crippen molar-refractivity contribution in [3.63, 3.8) is 0 Å². The van der Waals surface area contributed by atoms with E-state index in [0.29, 0.717) is 43.6 Å². The first-order chi connectivity index (χ1) is 9.29. The van der Waals surface area contributed by atoms with Crippen molar-refractivity contribution in [3.8, 4) is 6.07 Å². The van der Waals surface area contributed by atoms with Gasteiger partial charge in [-0.3, -0.25) is 4.79 Å². The molecule has 1 saturated carbocycles. The number of piperazine rings is 1. The molecule has 1 aliphatic heterocycles. The summed E-state index contributed by atoms with van der Waals surface area (Å²) in [4.78, 5) is 24.2. The lowest BCUT2D eigenvalue weighted by Gasteiger charge is -2.35. The first kappa shape index (κ1) is 11.9. The minimum Gasteiger partial charge on any atom is -0.351 e. The Hall–Kier alpha value is -2.16. The van der Waals surface area contributed by atoms with E-state index in [9.17, 15) is 4.79 Å². The Morgan fingerprint density at radius 2 is 1.89 bits per heavy atom. The molecule has 1 aromatic heterocycles. The van der Waals surface area contributed by atoms with Crippen LogP contribution in [0.4, 0.5) is 5.82 Å². The van der Waals surface area contributed by atoms with Gasteiger partial charge in [0.05, 0.1) is 0 Å². The largest absolute Gasteiger partial charge is 0.351 e. The number of hydrogen-bond donors (Lipinski definition) is 0. The minimum absolute atomic E-state index is 0.276. The first-order valence-corrected chi connectivity index (χ1v) is 6.54. The summed E-state index contributed by atoms with van der Waals surface area (Å²) in [5.41, 5.74) is 0.351. The Balaban J connectivity index is 1.66. The summed E-state index contributed by atoms with van der Waals surface area (Å²) < 4.78 is 0. The third-order valence-corrected chi connectivity index (χ3v) is 3.60. The van der Waals surface area contributed by atoms with Crippen molar-refractivity contribution < 1.29 is 4.79 Å². The number of nitriles is 1. The second-order valence-electron chi connectivity index (χ2n) is 4.93. The number of carbonyl (C=O) groups is 1. The molecule has 1 amide bonds. The van der Waals surface area contributed by atoms with Crippen LogP contribution in [0.1, 0.15) is 18.5 Å². The number of nitrogens with zero attached hydrogens (tertiary/aromatic N) is 5. The predicted molar refractivity (Wildman–Crippen MR) is 68.3 cm³/mol. The molecule has 3 rings (SSSR count). The topological polar surface area (TPSA) is 73.1 Å². The van der Waals surface area contributed by atoms with Crippen molar-refractivity contribution in [3.05, 3.63) is 18.1 Å². The summed E-state index contributed by atoms with van der Waals surface area (Å²) >= 11 is 0. The Labute approximate surface area is 111 Å². The molecular weight excluding hydrogens is 242 g/mol. The van der Waals surface area contributed by atoms with Crippen molar-refractivity contribution in [1.82, 2.24) is 14.9 Å². The molecule has 0 N–H and O–H groups in total. The average Bonchev–Trinajstić information content (AvgIpc) is 3.31. The lowest BCUT2D eigenvalue weighted by Crippen LogP contribution is -2.49. The van der Waals surface area contributed by atoms with Crippen LogP contribution in [0.3, 0.4) is 0 Å². The SMILES string of the molecule is N#Cc1nccnc1N1CCN(C(=O)C2CC2)CC1. The highest BCUT2D eigenvalue weighted by molar-refractivity contribution is 5.81. The van der Waals surface area contributed by atoms with Gasteiger partial charge in [-0.2, -0.15) is 5.26 Å². The summed E-state index contributed by atoms with van der Waals surface area (Å²) in [5.74, 6) is 1.19. The van der Waals surface area contributed by atoms with Gasteiger partial charge in [-0.15, -0.1) is 0 Å². The average molecular weight is 257 g/mol. The molecule has 0 aromatic carbocycles. The Bertz CT molecular complexity index is 526. The molecule has 98 valence electrons. The van der Waals surface area contributed by atoms with Crippen molar-refractivity contribution in [2.75, 3.05) is 31.1 Å². The Morgan fingerprint density at radius 1 is 1.21 bits per heavy atom. The number of hydrogen-bond acceptors (Lipinski definition) is 5. The van der Waals surface area contributed by atoms with Gasteiger partial charge in [-0.1, -0.05) is 0 Å². The highest BCUT2D eigenvalue weighted by Crippen LogP contribution is 2.31. The quantitative estimate of drug-likeness (QED) is 0.767. The molecule has 0 spiro atoms. The number of carbonyl (C=O) groups excluding carboxylic acids is 1. The molecule has 1 aliphatic carbocycles. The molecule has 2 fully saturated rings. The van der Waals surface area contributed by atoms with Crippen molar-refractivity contribution >= 4 is 11.7 Å². The van der Waals surface area contributed by atoms with Crippen molar-refractivity contribution in [2.45, 2.75) is 12.8 Å². The Morgan fingerprint density at radius 3 is 2.53 bits per heavy atom. The molecule has 0 radical (unpaired) electrons. The molecular formula is C13H15N5O. The zero-order chi connectivity index (χ0) is 13.2. The van der Waals surface area contributed by atoms with E-state index in [-0.39, 0.29) is 5.92 Å². The highest BCUT2D eigenvalue weighted by Gasteiger charge is 2.34. The summed E-state index contributed by atoms with van der Waals surface area (Å²) in [6, 6.07) is 2.06. The fraction of sp³-hybridized carbons (Fsp3) is 0.538. The van der Waals surface area contributed by atoms with Gasteiger partial charge in [0, 0.05) is 44.5 Å². The van der Waals surface area contributed by atoms with Crippen LogP contribution in [0.25, 0.3) is 0 Å². The number of amides is 1. The fourth-order valence-electron chi connectivity index (χ4n) is 2.37. The first-order valence-electron chi connectivity index (χ1n) is 6.54.